The van der Waals surface area contributed by atoms with Crippen LogP contribution in [0.3, 0.4) is 0 Å². The van der Waals surface area contributed by atoms with Crippen LogP contribution in [0.4, 0.5) is 4.39 Å². The van der Waals surface area contributed by atoms with Crippen molar-refractivity contribution in [1.29, 1.82) is 0 Å². The number of aromatic nitrogens is 2. The van der Waals surface area contributed by atoms with Gasteiger partial charge in [-0.3, -0.25) is 37.5 Å². The molecule has 1 aliphatic heterocycles. The van der Waals surface area contributed by atoms with E-state index in [9.17, 15) is 34.0 Å². The van der Waals surface area contributed by atoms with Gasteiger partial charge in [0.15, 0.2) is 10.2 Å². The van der Waals surface area contributed by atoms with Crippen LogP contribution in [0.25, 0.3) is 0 Å². The number of nitrogens with zero attached hydrogens (tertiary/aromatic N) is 1. The molecule has 17 heteroatoms. The number of aliphatic hydroxyl groups excluding tert-OH is 2. The zero-order chi connectivity index (χ0) is 31.9. The summed E-state index contributed by atoms with van der Waals surface area (Å²) in [6, 6.07) is 1.01. The number of nitrogens with one attached hydrogen (secondary N) is 1. The van der Waals surface area contributed by atoms with Crippen LogP contribution in [0.5, 0.6) is 0 Å². The number of H-pyrrole nitrogens is 1. The standard InChI is InChI=1S/C25H40FN2O11PS2/c1-23(2,3)20(32)41-13-11-36-40(35,37-12-14-42-21(33)24(4,5)6)38-15-25(26)19(31)16(29)7-8-18(39-25)28-10-9-17(30)27-22(28)34/h9-10,16,18-19,29,31H,7-8,11-15H2,1-6H3,(H,27,30,34). The Morgan fingerprint density at radius 1 is 1.05 bits per heavy atom. The summed E-state index contributed by atoms with van der Waals surface area (Å²) in [5, 5.41) is 20.6. The Hall–Kier alpha value is -1.36. The molecule has 240 valence electrons. The lowest BCUT2D eigenvalue weighted by molar-refractivity contribution is -0.266. The number of hydrogen-bond donors (Lipinski definition) is 3. The van der Waals surface area contributed by atoms with E-state index < -0.39 is 60.8 Å². The molecule has 1 aromatic rings. The van der Waals surface area contributed by atoms with Crippen LogP contribution in [-0.2, 0) is 32.5 Å². The van der Waals surface area contributed by atoms with E-state index in [1.807, 2.05) is 4.98 Å². The van der Waals surface area contributed by atoms with E-state index in [4.69, 9.17) is 18.3 Å². The maximum Gasteiger partial charge on any atom is 0.475 e. The molecule has 1 aliphatic rings. The van der Waals surface area contributed by atoms with Crippen molar-refractivity contribution in [3.63, 3.8) is 0 Å². The van der Waals surface area contributed by atoms with Crippen molar-refractivity contribution in [3.8, 4) is 0 Å². The lowest BCUT2D eigenvalue weighted by atomic mass is 9.99. The predicted molar refractivity (Wildman–Crippen MR) is 156 cm³/mol. The smallest absolute Gasteiger partial charge is 0.390 e. The third kappa shape index (κ3) is 11.0. The van der Waals surface area contributed by atoms with E-state index in [0.717, 1.165) is 40.4 Å². The number of phosphoric acid groups is 1. The van der Waals surface area contributed by atoms with E-state index >= 15 is 4.39 Å². The minimum absolute atomic E-state index is 0.0693. The Balaban J connectivity index is 2.19. The van der Waals surface area contributed by atoms with E-state index in [1.54, 1.807) is 41.5 Å². The molecule has 0 aromatic carbocycles. The first kappa shape index (κ1) is 36.8. The van der Waals surface area contributed by atoms with Crippen molar-refractivity contribution in [2.45, 2.75) is 78.7 Å². The monoisotopic (exact) mass is 658 g/mol. The number of aliphatic hydroxyl groups is 2. The molecule has 0 saturated carbocycles. The second-order valence-corrected chi connectivity index (χ2v) is 15.4. The van der Waals surface area contributed by atoms with Crippen LogP contribution in [0.15, 0.2) is 21.9 Å². The van der Waals surface area contributed by atoms with Gasteiger partial charge in [0.1, 0.15) is 18.9 Å². The van der Waals surface area contributed by atoms with E-state index in [-0.39, 0.29) is 47.8 Å². The molecule has 0 radical (unpaired) electrons. The lowest BCUT2D eigenvalue weighted by Crippen LogP contribution is -2.50. The molecule has 3 N–H and O–H groups in total. The molecule has 0 bridgehead atoms. The predicted octanol–water partition coefficient (Wildman–Crippen LogP) is 3.00. The summed E-state index contributed by atoms with van der Waals surface area (Å²) >= 11 is 1.87. The normalized spacial score (nSPS) is 23.9. The molecule has 42 heavy (non-hydrogen) atoms. The molecule has 0 amide bonds. The molecule has 2 heterocycles. The zero-order valence-electron chi connectivity index (χ0n) is 24.5. The fraction of sp³-hybridized carbons (Fsp3) is 0.760. The van der Waals surface area contributed by atoms with Crippen molar-refractivity contribution < 1.29 is 47.1 Å². The van der Waals surface area contributed by atoms with Gasteiger partial charge in [0.2, 0.25) is 0 Å². The van der Waals surface area contributed by atoms with Gasteiger partial charge in [0, 0.05) is 34.6 Å². The van der Waals surface area contributed by atoms with Gasteiger partial charge in [-0.25, -0.2) is 13.8 Å². The van der Waals surface area contributed by atoms with Gasteiger partial charge in [0.05, 0.1) is 19.3 Å². The third-order valence-corrected chi connectivity index (χ3v) is 9.72. The summed E-state index contributed by atoms with van der Waals surface area (Å²) in [6.07, 6.45) is -4.46. The Bertz CT molecular complexity index is 1210. The number of halogens is 1. The van der Waals surface area contributed by atoms with Gasteiger partial charge in [-0.2, -0.15) is 0 Å². The zero-order valence-corrected chi connectivity index (χ0v) is 27.0. The summed E-state index contributed by atoms with van der Waals surface area (Å²) in [6.45, 7) is 8.57. The quantitative estimate of drug-likeness (QED) is 0.220. The first-order valence-electron chi connectivity index (χ1n) is 13.2. The third-order valence-electron chi connectivity index (χ3n) is 5.78. The molecule has 0 aliphatic carbocycles. The van der Waals surface area contributed by atoms with E-state index in [2.05, 4.69) is 0 Å². The average molecular weight is 659 g/mol. The number of alkyl halides is 1. The largest absolute Gasteiger partial charge is 0.475 e. The molecule has 1 saturated heterocycles. The number of rotatable bonds is 12. The summed E-state index contributed by atoms with van der Waals surface area (Å²) in [7, 11) is -4.58. The van der Waals surface area contributed by atoms with Crippen LogP contribution >= 0.6 is 31.3 Å². The number of carbonyl (C=O) groups is 2. The maximum atomic E-state index is 16.1. The van der Waals surface area contributed by atoms with E-state index in [0.29, 0.717) is 0 Å². The van der Waals surface area contributed by atoms with Crippen LogP contribution in [0.2, 0.25) is 0 Å². The Kier molecular flexibility index (Phi) is 13.2. The highest BCUT2D eigenvalue weighted by Gasteiger charge is 2.50. The molecular weight excluding hydrogens is 618 g/mol. The highest BCUT2D eigenvalue weighted by Crippen LogP contribution is 2.51. The second kappa shape index (κ2) is 15.1. The second-order valence-electron chi connectivity index (χ2n) is 11.6. The molecule has 4 atom stereocenters. The molecule has 2 rings (SSSR count). The summed E-state index contributed by atoms with van der Waals surface area (Å²) in [5.41, 5.74) is -2.86. The van der Waals surface area contributed by atoms with Crippen LogP contribution in [0.1, 0.15) is 60.6 Å². The molecular formula is C25H40FN2O11PS2. The Morgan fingerprint density at radius 2 is 1.57 bits per heavy atom. The summed E-state index contributed by atoms with van der Waals surface area (Å²) in [5.74, 6) is -3.06. The average Bonchev–Trinajstić information content (AvgIpc) is 2.99. The number of phosphoric ester groups is 1. The summed E-state index contributed by atoms with van der Waals surface area (Å²) in [4.78, 5) is 50.1. The van der Waals surface area contributed by atoms with Crippen molar-refractivity contribution in [2.24, 2.45) is 10.8 Å². The molecule has 1 fully saturated rings. The van der Waals surface area contributed by atoms with Gasteiger partial charge in [-0.05, 0) is 12.8 Å². The number of ether oxygens (including phenoxy) is 1. The van der Waals surface area contributed by atoms with Crippen LogP contribution in [-0.4, -0.2) is 79.4 Å². The SMILES string of the molecule is CC(C)(C)C(=O)SCCOP(=O)(OCCSC(=O)C(C)(C)C)OCC1(F)OC(n2ccc(=O)[nH]c2=O)CCC(O)C1O. The fourth-order valence-corrected chi connectivity index (χ4v) is 6.37. The minimum Gasteiger partial charge on any atom is -0.390 e. The van der Waals surface area contributed by atoms with Crippen LogP contribution < -0.4 is 11.2 Å². The van der Waals surface area contributed by atoms with Crippen LogP contribution in [0, 0.1) is 10.8 Å². The van der Waals surface area contributed by atoms with Crippen molar-refractivity contribution in [1.82, 2.24) is 9.55 Å². The maximum absolute atomic E-state index is 16.1. The molecule has 4 unspecified atom stereocenters. The Labute approximate surface area is 251 Å². The van der Waals surface area contributed by atoms with Gasteiger partial charge < -0.3 is 14.9 Å². The molecule has 1 aromatic heterocycles. The molecule has 0 spiro atoms. The van der Waals surface area contributed by atoms with Crippen molar-refractivity contribution >= 4 is 41.6 Å². The highest BCUT2D eigenvalue weighted by molar-refractivity contribution is 8.14. The number of thioether (sulfide) groups is 2. The van der Waals surface area contributed by atoms with Crippen molar-refractivity contribution in [3.05, 3.63) is 33.1 Å². The van der Waals surface area contributed by atoms with Crippen molar-refractivity contribution in [2.75, 3.05) is 31.3 Å². The lowest BCUT2D eigenvalue weighted by Gasteiger charge is -2.33. The number of aromatic amines is 1. The number of carbonyl (C=O) groups excluding carboxylic acids is 2. The Morgan fingerprint density at radius 3 is 2.05 bits per heavy atom. The topological polar surface area (TPSA) is 183 Å². The number of hydrogen-bond acceptors (Lipinski definition) is 13. The van der Waals surface area contributed by atoms with Gasteiger partial charge in [-0.1, -0.05) is 65.1 Å². The highest BCUT2D eigenvalue weighted by atomic mass is 32.2. The first-order valence-corrected chi connectivity index (χ1v) is 16.6. The molecule has 13 nitrogen and oxygen atoms in total. The minimum atomic E-state index is -4.58. The van der Waals surface area contributed by atoms with E-state index in [1.165, 1.54) is 0 Å². The summed E-state index contributed by atoms with van der Waals surface area (Å²) < 4.78 is 51.8. The van der Waals surface area contributed by atoms with Gasteiger partial charge >= 0.3 is 13.5 Å². The van der Waals surface area contributed by atoms with Gasteiger partial charge in [0.25, 0.3) is 11.4 Å². The fourth-order valence-electron chi connectivity index (χ4n) is 3.36. The first-order chi connectivity index (χ1) is 19.3. The van der Waals surface area contributed by atoms with Gasteiger partial charge in [-0.15, -0.1) is 0 Å².